The van der Waals surface area contributed by atoms with Gasteiger partial charge >= 0.3 is 0 Å². The van der Waals surface area contributed by atoms with Gasteiger partial charge < -0.3 is 22.8 Å². The summed E-state index contributed by atoms with van der Waals surface area (Å²) in [6.07, 6.45) is 60.8. The highest BCUT2D eigenvalue weighted by atomic mass is 15.1. The molecule has 7 unspecified atom stereocenters. The number of allylic oxidation sites excluding steroid dienone is 1. The lowest BCUT2D eigenvalue weighted by Crippen LogP contribution is -2.69. The van der Waals surface area contributed by atoms with Crippen LogP contribution in [0.4, 0.5) is 0 Å². The Balaban J connectivity index is 1.24. The molecule has 12 nitrogen and oxygen atoms in total. The number of benzene rings is 1. The van der Waals surface area contributed by atoms with Crippen molar-refractivity contribution in [2.45, 2.75) is 348 Å². The van der Waals surface area contributed by atoms with Crippen LogP contribution in [-0.4, -0.2) is 45.7 Å². The van der Waals surface area contributed by atoms with Gasteiger partial charge in [-0.3, -0.25) is 30.0 Å². The Morgan fingerprint density at radius 3 is 0.979 bits per heavy atom. The van der Waals surface area contributed by atoms with Gasteiger partial charge in [0.15, 0.2) is 18.0 Å². The lowest BCUT2D eigenvalue weighted by atomic mass is 9.95. The Bertz CT molecular complexity index is 3750. The van der Waals surface area contributed by atoms with Gasteiger partial charge in [0.05, 0.1) is 6.42 Å². The molecule has 5 aromatic heterocycles. The quantitative estimate of drug-likeness (QED) is 0.0268. The summed E-state index contributed by atoms with van der Waals surface area (Å²) in [5.41, 5.74) is 7.41. The second kappa shape index (κ2) is 38.8. The van der Waals surface area contributed by atoms with Crippen LogP contribution >= 0.6 is 0 Å². The molecule has 0 fully saturated rings. The Morgan fingerprint density at radius 2 is 0.615 bits per heavy atom. The number of hydrogen-bond acceptors (Lipinski definition) is 6. The maximum absolute atomic E-state index is 6.30. The predicted octanol–water partition coefficient (Wildman–Crippen LogP) is 19.2. The molecule has 0 bridgehead atoms. The second-order valence-corrected chi connectivity index (χ2v) is 29.2. The zero-order chi connectivity index (χ0) is 66.7. The largest absolute Gasteiger partial charge is 0.349 e. The molecule has 0 N–H and O–H groups in total. The van der Waals surface area contributed by atoms with Crippen LogP contribution in [0, 0.1) is 0 Å². The van der Waals surface area contributed by atoms with E-state index in [0.29, 0.717) is 6.04 Å². The molecule has 9 heterocycles. The molecule has 0 aliphatic carbocycles. The van der Waals surface area contributed by atoms with E-state index in [1.165, 1.54) is 220 Å². The summed E-state index contributed by atoms with van der Waals surface area (Å²) in [6, 6.07) is 21.6. The predicted molar refractivity (Wildman–Crippen MR) is 397 cm³/mol. The number of aryl methyl sites for hydroxylation is 4. The summed E-state index contributed by atoms with van der Waals surface area (Å²) < 4.78 is 15.2. The molecular weight excluding hydrogens is 1180 g/mol. The maximum atomic E-state index is 6.30. The second-order valence-electron chi connectivity index (χ2n) is 29.2. The molecule has 7 atom stereocenters. The van der Waals surface area contributed by atoms with Crippen molar-refractivity contribution in [3.63, 3.8) is 0 Å². The average molecular weight is 1310 g/mol. The van der Waals surface area contributed by atoms with Gasteiger partial charge in [-0.1, -0.05) is 221 Å². The summed E-state index contributed by atoms with van der Waals surface area (Å²) >= 11 is 0. The van der Waals surface area contributed by atoms with Gasteiger partial charge in [-0.2, -0.15) is 0 Å². The zero-order valence-corrected chi connectivity index (χ0v) is 61.2. The highest BCUT2D eigenvalue weighted by Crippen LogP contribution is 2.40. The first-order valence-electron chi connectivity index (χ1n) is 40.0. The normalized spacial score (nSPS) is 19.1. The Morgan fingerprint density at radius 1 is 0.333 bits per heavy atom. The van der Waals surface area contributed by atoms with E-state index in [-0.39, 0.29) is 36.3 Å². The molecule has 10 rings (SSSR count). The van der Waals surface area contributed by atoms with E-state index in [2.05, 4.69) is 180 Å². The van der Waals surface area contributed by atoms with Gasteiger partial charge in [-0.25, -0.2) is 4.58 Å². The third kappa shape index (κ3) is 18.8. The molecule has 0 saturated carbocycles. The summed E-state index contributed by atoms with van der Waals surface area (Å²) in [7, 11) is 0. The van der Waals surface area contributed by atoms with Crippen LogP contribution < -0.4 is 32.1 Å². The van der Waals surface area contributed by atoms with E-state index in [4.69, 9.17) is 30.0 Å². The van der Waals surface area contributed by atoms with Crippen molar-refractivity contribution in [3.05, 3.63) is 165 Å². The minimum atomic E-state index is -0.319. The first-order valence-corrected chi connectivity index (χ1v) is 40.0. The zero-order valence-electron chi connectivity index (χ0n) is 61.2. The summed E-state index contributed by atoms with van der Waals surface area (Å²) in [5, 5.41) is 4.98. The van der Waals surface area contributed by atoms with Crippen LogP contribution in [0.25, 0.3) is 0 Å². The fourth-order valence-electron chi connectivity index (χ4n) is 16.1. The summed E-state index contributed by atoms with van der Waals surface area (Å²) in [6.45, 7) is 21.1. The van der Waals surface area contributed by atoms with Crippen molar-refractivity contribution in [1.82, 2.24) is 22.8 Å². The lowest BCUT2D eigenvalue weighted by molar-refractivity contribution is -0.456. The molecule has 0 amide bonds. The lowest BCUT2D eigenvalue weighted by Gasteiger charge is -2.30. The minimum Gasteiger partial charge on any atom is -0.349 e. The number of hydrogen-bond donors (Lipinski definition) is 0. The monoisotopic (exact) mass is 1300 g/mol. The third-order valence-corrected chi connectivity index (χ3v) is 21.7. The van der Waals surface area contributed by atoms with Crippen molar-refractivity contribution in [3.8, 4) is 0 Å². The topological polar surface area (TPSA) is 102 Å². The average Bonchev–Trinajstić information content (AvgIpc) is 0.851. The van der Waals surface area contributed by atoms with Crippen LogP contribution in [0.2, 0.25) is 0 Å². The van der Waals surface area contributed by atoms with E-state index in [1.807, 2.05) is 0 Å². The molecule has 4 aliphatic heterocycles. The molecule has 0 spiro atoms. The molecule has 12 heteroatoms. The van der Waals surface area contributed by atoms with E-state index < -0.39 is 0 Å². The van der Waals surface area contributed by atoms with Crippen molar-refractivity contribution >= 4 is 5.71 Å². The van der Waals surface area contributed by atoms with Gasteiger partial charge in [0.25, 0.3) is 0 Å². The minimum absolute atomic E-state index is 0.259. The molecule has 6 aromatic rings. The summed E-state index contributed by atoms with van der Waals surface area (Å²) in [4.78, 5) is 37.7. The van der Waals surface area contributed by atoms with Gasteiger partial charge in [0, 0.05) is 98.1 Å². The van der Waals surface area contributed by atoms with Crippen LogP contribution in [0.5, 0.6) is 0 Å². The highest BCUT2D eigenvalue weighted by Gasteiger charge is 2.41. The molecule has 96 heavy (non-hydrogen) atoms. The van der Waals surface area contributed by atoms with Gasteiger partial charge in [-0.15, -0.1) is 0 Å². The Kier molecular flexibility index (Phi) is 29.4. The van der Waals surface area contributed by atoms with Gasteiger partial charge in [0.2, 0.25) is 0 Å². The molecule has 1 aromatic carbocycles. The third-order valence-electron chi connectivity index (χ3n) is 21.7. The van der Waals surface area contributed by atoms with Crippen molar-refractivity contribution in [2.75, 3.05) is 6.54 Å². The molecule has 522 valence electrons. The first-order chi connectivity index (χ1) is 47.4. The molecule has 4 aliphatic rings. The number of unbranched alkanes of at least 4 members (excludes halogenated alkanes) is 28. The van der Waals surface area contributed by atoms with Crippen molar-refractivity contribution < 1.29 is 4.58 Å². The van der Waals surface area contributed by atoms with E-state index >= 15 is 0 Å². The standard InChI is InChI=1S/C84H127N12/c1-8-14-20-26-31-37-55-91-60-42-49-67(91)73-74(68-50-43-61-92(68)56-38-32-27-21-15-9-2)87-81-79(85-73)80-82(88-76(70-52-45-63-94(70)58-40-34-29-23-17-11-4)75(86-80)69-51-44-62-93(69)57-39-33-28-22-16-10-3)84-83(81)89-77(71-53-46-64-95(71)59-41-35-30-24-18-12-5)78(90-84)72-54-47-65-96(72)66(7)48-36-25-19-13-6/h42-47,49-51,53-54,60-66,73-78H,8-41,48,52,55-59H2,1-7H3/q+1. The number of fused-ring (bicyclic) bond motifs is 6. The smallest absolute Gasteiger partial charge is 0.189 e. The van der Waals surface area contributed by atoms with Crippen LogP contribution in [0.15, 0.2) is 134 Å². The van der Waals surface area contributed by atoms with Gasteiger partial charge in [0.1, 0.15) is 68.9 Å². The highest BCUT2D eigenvalue weighted by molar-refractivity contribution is 5.89. The number of aromatic nitrogens is 5. The maximum Gasteiger partial charge on any atom is 0.189 e. The molecule has 0 saturated heterocycles. The van der Waals surface area contributed by atoms with Crippen molar-refractivity contribution in [2.24, 2.45) is 30.0 Å². The molecule has 0 radical (unpaired) electrons. The summed E-state index contributed by atoms with van der Waals surface area (Å²) in [5.74, 6) is 0. The van der Waals surface area contributed by atoms with Crippen molar-refractivity contribution in [1.29, 1.82) is 0 Å². The molecular formula is C84H127N12+. The fourth-order valence-corrected chi connectivity index (χ4v) is 16.1. The number of rotatable bonds is 47. The van der Waals surface area contributed by atoms with Gasteiger partial charge in [-0.05, 0) is 112 Å². The van der Waals surface area contributed by atoms with Crippen LogP contribution in [0.1, 0.15) is 344 Å². The fraction of sp³-hybridized carbons (Fsp3) is 0.655. The van der Waals surface area contributed by atoms with Crippen LogP contribution in [-0.2, 0) is 26.2 Å². The number of nitrogens with zero attached hydrogens (tertiary/aromatic N) is 12. The van der Waals surface area contributed by atoms with E-state index in [1.54, 1.807) is 0 Å². The Hall–Kier alpha value is -6.17. The van der Waals surface area contributed by atoms with E-state index in [9.17, 15) is 0 Å². The van der Waals surface area contributed by atoms with E-state index in [0.717, 1.165) is 110 Å². The van der Waals surface area contributed by atoms with Crippen LogP contribution in [0.3, 0.4) is 0 Å². The SMILES string of the molecule is CCCCCCCCn1cccc1C1N=c2c(c3c(c4c2=NC(c2cccn2CCCCCCCC)C(c2cccn2CCCCCCCC)N=4)=NC(c2cccn2CCCCCCCC)C(c2cccn2C(C)CCCCCC)N=3)=NC1C1=[N+](CCCCCCCC)C=CC1. The first kappa shape index (κ1) is 72.6. The Labute approximate surface area is 579 Å².